The van der Waals surface area contributed by atoms with Gasteiger partial charge in [-0.15, -0.1) is 0 Å². The van der Waals surface area contributed by atoms with Gasteiger partial charge < -0.3 is 10.2 Å². The fourth-order valence-electron chi connectivity index (χ4n) is 2.40. The zero-order chi connectivity index (χ0) is 14.7. The van der Waals surface area contributed by atoms with Crippen molar-refractivity contribution >= 4 is 39.2 Å². The molecule has 0 spiro atoms. The predicted octanol–water partition coefficient (Wildman–Crippen LogP) is 3.78. The largest absolute Gasteiger partial charge is 0.354 e. The fourth-order valence-corrected chi connectivity index (χ4v) is 3.85. The molecule has 1 fully saturated rings. The number of nitrogens with zero attached hydrogens (tertiary/aromatic N) is 4. The van der Waals surface area contributed by atoms with Crippen molar-refractivity contribution < 1.29 is 0 Å². The van der Waals surface area contributed by atoms with Crippen LogP contribution in [0.2, 0.25) is 0 Å². The Kier molecular flexibility index (Phi) is 4.70. The van der Waals surface area contributed by atoms with Crippen molar-refractivity contribution in [3.05, 3.63) is 15.2 Å². The number of hydrogen-bond donors (Lipinski definition) is 1. The van der Waals surface area contributed by atoms with E-state index in [1.54, 1.807) is 11.3 Å². The zero-order valence-electron chi connectivity index (χ0n) is 12.0. The Morgan fingerprint density at radius 2 is 2.00 bits per heavy atom. The van der Waals surface area contributed by atoms with Crippen molar-refractivity contribution in [2.24, 2.45) is 0 Å². The number of halogens is 1. The number of thiophene rings is 1. The van der Waals surface area contributed by atoms with Gasteiger partial charge in [-0.05, 0) is 42.1 Å². The second kappa shape index (κ2) is 6.70. The van der Waals surface area contributed by atoms with Crippen LogP contribution >= 0.6 is 27.3 Å². The minimum absolute atomic E-state index is 0.654. The maximum absolute atomic E-state index is 4.68. The molecule has 0 unspecified atom stereocenters. The molecule has 112 valence electrons. The molecule has 0 radical (unpaired) electrons. The van der Waals surface area contributed by atoms with E-state index in [-0.39, 0.29) is 0 Å². The van der Waals surface area contributed by atoms with Crippen LogP contribution in [0.25, 0.3) is 11.4 Å². The predicted molar refractivity (Wildman–Crippen MR) is 91.1 cm³/mol. The summed E-state index contributed by atoms with van der Waals surface area (Å²) in [5.74, 6) is 2.17. The molecule has 0 atom stereocenters. The average Bonchev–Trinajstić information content (AvgIpc) is 2.94. The molecule has 0 bridgehead atoms. The first-order valence-electron chi connectivity index (χ1n) is 7.25. The lowest BCUT2D eigenvalue weighted by molar-refractivity contribution is 0.568. The van der Waals surface area contributed by atoms with E-state index < -0.39 is 0 Å². The van der Waals surface area contributed by atoms with Gasteiger partial charge in [0.2, 0.25) is 11.9 Å². The maximum atomic E-state index is 4.68. The van der Waals surface area contributed by atoms with Crippen LogP contribution in [-0.4, -0.2) is 34.6 Å². The highest BCUT2D eigenvalue weighted by atomic mass is 79.9. The summed E-state index contributed by atoms with van der Waals surface area (Å²) < 4.78 is 1.03. The summed E-state index contributed by atoms with van der Waals surface area (Å²) >= 11 is 5.20. The van der Waals surface area contributed by atoms with E-state index in [1.807, 2.05) is 12.3 Å². The first-order chi connectivity index (χ1) is 10.3. The number of aromatic nitrogens is 3. The Morgan fingerprint density at radius 1 is 1.19 bits per heavy atom. The van der Waals surface area contributed by atoms with E-state index in [0.29, 0.717) is 5.95 Å². The average molecular weight is 368 g/mol. The summed E-state index contributed by atoms with van der Waals surface area (Å²) in [4.78, 5) is 16.0. The topological polar surface area (TPSA) is 53.9 Å². The second-order valence-electron chi connectivity index (χ2n) is 4.99. The van der Waals surface area contributed by atoms with Gasteiger partial charge in [-0.25, -0.2) is 0 Å². The summed E-state index contributed by atoms with van der Waals surface area (Å²) in [6, 6.07) is 0. The van der Waals surface area contributed by atoms with Gasteiger partial charge in [0.25, 0.3) is 0 Å². The van der Waals surface area contributed by atoms with Crippen LogP contribution in [0, 0.1) is 0 Å². The molecule has 2 aromatic rings. The molecule has 0 aliphatic carbocycles. The van der Waals surface area contributed by atoms with Crippen molar-refractivity contribution in [1.82, 2.24) is 15.0 Å². The van der Waals surface area contributed by atoms with Crippen molar-refractivity contribution in [3.8, 4) is 11.4 Å². The van der Waals surface area contributed by atoms with Crippen LogP contribution in [0.15, 0.2) is 15.2 Å². The molecule has 2 aromatic heterocycles. The Bertz CT molecular complexity index is 609. The summed E-state index contributed by atoms with van der Waals surface area (Å²) in [6.07, 6.45) is 3.71. The zero-order valence-corrected chi connectivity index (χ0v) is 14.4. The van der Waals surface area contributed by atoms with Gasteiger partial charge in [0.1, 0.15) is 0 Å². The lowest BCUT2D eigenvalue weighted by Gasteiger charge is -2.27. The highest BCUT2D eigenvalue weighted by Gasteiger charge is 2.17. The lowest BCUT2D eigenvalue weighted by Crippen LogP contribution is -2.31. The molecular formula is C14H18BrN5S. The minimum atomic E-state index is 0.654. The quantitative estimate of drug-likeness (QED) is 0.890. The molecule has 0 amide bonds. The molecule has 3 rings (SSSR count). The first-order valence-corrected chi connectivity index (χ1v) is 8.98. The van der Waals surface area contributed by atoms with Crippen LogP contribution in [-0.2, 0) is 0 Å². The van der Waals surface area contributed by atoms with E-state index in [4.69, 9.17) is 0 Å². The SMILES string of the molecule is CCNc1nc(-c2cscc2Br)nc(N2CCCCC2)n1. The van der Waals surface area contributed by atoms with Gasteiger partial charge in [-0.2, -0.15) is 26.3 Å². The van der Waals surface area contributed by atoms with Gasteiger partial charge in [-0.3, -0.25) is 0 Å². The van der Waals surface area contributed by atoms with E-state index in [1.165, 1.54) is 19.3 Å². The lowest BCUT2D eigenvalue weighted by atomic mass is 10.1. The van der Waals surface area contributed by atoms with E-state index in [9.17, 15) is 0 Å². The van der Waals surface area contributed by atoms with Crippen molar-refractivity contribution in [3.63, 3.8) is 0 Å². The molecule has 1 aliphatic heterocycles. The highest BCUT2D eigenvalue weighted by Crippen LogP contribution is 2.31. The first kappa shape index (κ1) is 14.7. The van der Waals surface area contributed by atoms with E-state index in [0.717, 1.165) is 41.4 Å². The molecule has 0 saturated carbocycles. The fraction of sp³-hybridized carbons (Fsp3) is 0.500. The van der Waals surface area contributed by atoms with Gasteiger partial charge in [-0.1, -0.05) is 0 Å². The number of nitrogens with one attached hydrogen (secondary N) is 1. The molecule has 3 heterocycles. The minimum Gasteiger partial charge on any atom is -0.354 e. The molecule has 1 saturated heterocycles. The van der Waals surface area contributed by atoms with Gasteiger partial charge in [0.15, 0.2) is 5.82 Å². The third-order valence-electron chi connectivity index (χ3n) is 3.45. The van der Waals surface area contributed by atoms with E-state index in [2.05, 4.69) is 46.5 Å². The van der Waals surface area contributed by atoms with Crippen molar-refractivity contribution in [2.45, 2.75) is 26.2 Å². The monoisotopic (exact) mass is 367 g/mol. The molecular weight excluding hydrogens is 350 g/mol. The van der Waals surface area contributed by atoms with Crippen molar-refractivity contribution in [1.29, 1.82) is 0 Å². The highest BCUT2D eigenvalue weighted by molar-refractivity contribution is 9.10. The third-order valence-corrected chi connectivity index (χ3v) is 5.16. The Morgan fingerprint density at radius 3 is 2.67 bits per heavy atom. The molecule has 7 heteroatoms. The number of anilines is 2. The molecule has 1 N–H and O–H groups in total. The standard InChI is InChI=1S/C14H18BrN5S/c1-2-16-13-17-12(10-8-21-9-11(10)15)18-14(19-13)20-6-4-3-5-7-20/h8-9H,2-7H2,1H3,(H,16,17,18,19). The summed E-state index contributed by atoms with van der Waals surface area (Å²) in [6.45, 7) is 4.90. The van der Waals surface area contributed by atoms with Crippen LogP contribution < -0.4 is 10.2 Å². The second-order valence-corrected chi connectivity index (χ2v) is 6.59. The number of piperidine rings is 1. The molecule has 5 nitrogen and oxygen atoms in total. The van der Waals surface area contributed by atoms with E-state index >= 15 is 0 Å². The van der Waals surface area contributed by atoms with Crippen molar-refractivity contribution in [2.75, 3.05) is 29.9 Å². The normalized spacial score (nSPS) is 15.2. The Labute approximate surface area is 137 Å². The number of hydrogen-bond acceptors (Lipinski definition) is 6. The summed E-state index contributed by atoms with van der Waals surface area (Å²) in [7, 11) is 0. The van der Waals surface area contributed by atoms with Crippen LogP contribution in [0.5, 0.6) is 0 Å². The Hall–Kier alpha value is -1.21. The van der Waals surface area contributed by atoms with Gasteiger partial charge >= 0.3 is 0 Å². The Balaban J connectivity index is 1.99. The van der Waals surface area contributed by atoms with Crippen LogP contribution in [0.3, 0.4) is 0 Å². The van der Waals surface area contributed by atoms with Crippen LogP contribution in [0.1, 0.15) is 26.2 Å². The summed E-state index contributed by atoms with van der Waals surface area (Å²) in [5.41, 5.74) is 1.03. The van der Waals surface area contributed by atoms with Crippen LogP contribution in [0.4, 0.5) is 11.9 Å². The van der Waals surface area contributed by atoms with Gasteiger partial charge in [0.05, 0.1) is 0 Å². The molecule has 0 aromatic carbocycles. The molecule has 1 aliphatic rings. The molecule has 21 heavy (non-hydrogen) atoms. The maximum Gasteiger partial charge on any atom is 0.230 e. The summed E-state index contributed by atoms with van der Waals surface area (Å²) in [5, 5.41) is 7.32. The number of rotatable bonds is 4. The van der Waals surface area contributed by atoms with Gasteiger partial charge in [0, 0.05) is 40.4 Å². The smallest absolute Gasteiger partial charge is 0.230 e. The third kappa shape index (κ3) is 3.35.